The number of aryl methyl sites for hydroxylation is 1. The fourth-order valence-corrected chi connectivity index (χ4v) is 2.08. The molecule has 0 aromatic carbocycles. The van der Waals surface area contributed by atoms with Crippen molar-refractivity contribution in [1.82, 2.24) is 15.2 Å². The maximum atomic E-state index is 11.8. The van der Waals surface area contributed by atoms with Crippen LogP contribution in [0.15, 0.2) is 18.3 Å². The predicted molar refractivity (Wildman–Crippen MR) is 62.9 cm³/mol. The molecule has 1 aromatic heterocycles. The Bertz CT molecular complexity index is 353. The molecular formula is C12H19N3O. The van der Waals surface area contributed by atoms with Gasteiger partial charge in [-0.25, -0.2) is 0 Å². The number of amides is 1. The Hall–Kier alpha value is -1.29. The minimum absolute atomic E-state index is 0.147. The average molecular weight is 221 g/mol. The zero-order valence-corrected chi connectivity index (χ0v) is 9.70. The standard InChI is InChI=1S/C12H19N3O/c1-15-7-3-5-11(15)9-14-12(16)10-4-2-6-13-8-10/h3,5,7,10,13H,2,4,6,8-9H2,1H3,(H,14,16). The second kappa shape index (κ2) is 5.16. The zero-order chi connectivity index (χ0) is 11.4. The van der Waals surface area contributed by atoms with E-state index in [1.165, 1.54) is 0 Å². The largest absolute Gasteiger partial charge is 0.353 e. The molecule has 0 spiro atoms. The molecule has 88 valence electrons. The number of hydrogen-bond donors (Lipinski definition) is 2. The number of aromatic nitrogens is 1. The van der Waals surface area contributed by atoms with E-state index in [0.717, 1.165) is 31.6 Å². The summed E-state index contributed by atoms with van der Waals surface area (Å²) in [6.45, 7) is 2.49. The Morgan fingerprint density at radius 3 is 3.19 bits per heavy atom. The van der Waals surface area contributed by atoms with Crippen LogP contribution in [0.4, 0.5) is 0 Å². The van der Waals surface area contributed by atoms with Crippen molar-refractivity contribution < 1.29 is 4.79 Å². The normalized spacial score (nSPS) is 20.7. The van der Waals surface area contributed by atoms with Crippen molar-refractivity contribution in [3.05, 3.63) is 24.0 Å². The summed E-state index contributed by atoms with van der Waals surface area (Å²) < 4.78 is 2.03. The van der Waals surface area contributed by atoms with E-state index in [1.54, 1.807) is 0 Å². The SMILES string of the molecule is Cn1cccc1CNC(=O)C1CCCNC1. The lowest BCUT2D eigenvalue weighted by Gasteiger charge is -2.21. The Labute approximate surface area is 96.0 Å². The van der Waals surface area contributed by atoms with Crippen molar-refractivity contribution in [2.24, 2.45) is 13.0 Å². The smallest absolute Gasteiger partial charge is 0.224 e. The van der Waals surface area contributed by atoms with Gasteiger partial charge in [-0.05, 0) is 31.5 Å². The summed E-state index contributed by atoms with van der Waals surface area (Å²) in [6.07, 6.45) is 4.10. The number of carbonyl (C=O) groups is 1. The first-order valence-corrected chi connectivity index (χ1v) is 5.86. The summed E-state index contributed by atoms with van der Waals surface area (Å²) in [4.78, 5) is 11.8. The third-order valence-corrected chi connectivity index (χ3v) is 3.16. The van der Waals surface area contributed by atoms with Crippen LogP contribution in [0, 0.1) is 5.92 Å². The molecular weight excluding hydrogens is 202 g/mol. The van der Waals surface area contributed by atoms with Gasteiger partial charge in [-0.3, -0.25) is 4.79 Å². The van der Waals surface area contributed by atoms with Crippen LogP contribution >= 0.6 is 0 Å². The van der Waals surface area contributed by atoms with E-state index in [1.807, 2.05) is 29.9 Å². The Morgan fingerprint density at radius 2 is 2.56 bits per heavy atom. The van der Waals surface area contributed by atoms with Gasteiger partial charge < -0.3 is 15.2 Å². The summed E-state index contributed by atoms with van der Waals surface area (Å²) in [5.41, 5.74) is 1.14. The Morgan fingerprint density at radius 1 is 1.69 bits per heavy atom. The van der Waals surface area contributed by atoms with Crippen molar-refractivity contribution in [2.45, 2.75) is 19.4 Å². The zero-order valence-electron chi connectivity index (χ0n) is 9.70. The molecule has 2 N–H and O–H groups in total. The molecule has 1 fully saturated rings. The average Bonchev–Trinajstić information content (AvgIpc) is 2.73. The van der Waals surface area contributed by atoms with Crippen LogP contribution in [-0.2, 0) is 18.4 Å². The van der Waals surface area contributed by atoms with Crippen LogP contribution < -0.4 is 10.6 Å². The highest BCUT2D eigenvalue weighted by Gasteiger charge is 2.20. The van der Waals surface area contributed by atoms with Crippen LogP contribution in [-0.4, -0.2) is 23.6 Å². The lowest BCUT2D eigenvalue weighted by molar-refractivity contribution is -0.125. The first-order chi connectivity index (χ1) is 7.77. The molecule has 1 aliphatic rings. The van der Waals surface area contributed by atoms with E-state index in [4.69, 9.17) is 0 Å². The molecule has 0 bridgehead atoms. The Kier molecular flexibility index (Phi) is 3.62. The third-order valence-electron chi connectivity index (χ3n) is 3.16. The molecule has 1 amide bonds. The van der Waals surface area contributed by atoms with Gasteiger partial charge in [0.25, 0.3) is 0 Å². The highest BCUT2D eigenvalue weighted by atomic mass is 16.1. The highest BCUT2D eigenvalue weighted by Crippen LogP contribution is 2.10. The summed E-state index contributed by atoms with van der Waals surface area (Å²) in [5, 5.41) is 6.25. The van der Waals surface area contributed by atoms with Gasteiger partial charge in [0.2, 0.25) is 5.91 Å². The van der Waals surface area contributed by atoms with Gasteiger partial charge in [0.05, 0.1) is 12.5 Å². The second-order valence-corrected chi connectivity index (χ2v) is 4.37. The third kappa shape index (κ3) is 2.64. The van der Waals surface area contributed by atoms with Crippen LogP contribution in [0.25, 0.3) is 0 Å². The van der Waals surface area contributed by atoms with Crippen LogP contribution in [0.1, 0.15) is 18.5 Å². The van der Waals surface area contributed by atoms with Crippen molar-refractivity contribution >= 4 is 5.91 Å². The van der Waals surface area contributed by atoms with Crippen LogP contribution in [0.3, 0.4) is 0 Å². The van der Waals surface area contributed by atoms with Crippen molar-refractivity contribution in [3.63, 3.8) is 0 Å². The topological polar surface area (TPSA) is 46.1 Å². The minimum Gasteiger partial charge on any atom is -0.353 e. The molecule has 2 heterocycles. The first-order valence-electron chi connectivity index (χ1n) is 5.86. The van der Waals surface area contributed by atoms with Gasteiger partial charge in [0, 0.05) is 25.5 Å². The van der Waals surface area contributed by atoms with Crippen LogP contribution in [0.5, 0.6) is 0 Å². The fourth-order valence-electron chi connectivity index (χ4n) is 2.08. The Balaban J connectivity index is 1.81. The molecule has 4 nitrogen and oxygen atoms in total. The number of nitrogens with zero attached hydrogens (tertiary/aromatic N) is 1. The minimum atomic E-state index is 0.147. The molecule has 16 heavy (non-hydrogen) atoms. The lowest BCUT2D eigenvalue weighted by atomic mass is 9.99. The number of nitrogens with one attached hydrogen (secondary N) is 2. The number of rotatable bonds is 3. The van der Waals surface area contributed by atoms with Gasteiger partial charge in [-0.15, -0.1) is 0 Å². The van der Waals surface area contributed by atoms with Gasteiger partial charge in [-0.2, -0.15) is 0 Å². The first kappa shape index (κ1) is 11.2. The van der Waals surface area contributed by atoms with Gasteiger partial charge in [-0.1, -0.05) is 0 Å². The van der Waals surface area contributed by atoms with Crippen molar-refractivity contribution in [1.29, 1.82) is 0 Å². The fraction of sp³-hybridized carbons (Fsp3) is 0.583. The molecule has 0 saturated carbocycles. The molecule has 1 atom stereocenters. The maximum absolute atomic E-state index is 11.8. The molecule has 0 aliphatic carbocycles. The van der Waals surface area contributed by atoms with E-state index in [2.05, 4.69) is 10.6 Å². The van der Waals surface area contributed by atoms with E-state index in [0.29, 0.717) is 6.54 Å². The molecule has 1 saturated heterocycles. The maximum Gasteiger partial charge on any atom is 0.224 e. The molecule has 4 heteroatoms. The monoisotopic (exact) mass is 221 g/mol. The van der Waals surface area contributed by atoms with E-state index >= 15 is 0 Å². The quantitative estimate of drug-likeness (QED) is 0.787. The number of carbonyl (C=O) groups excluding carboxylic acids is 1. The number of piperidine rings is 1. The van der Waals surface area contributed by atoms with Crippen molar-refractivity contribution in [3.8, 4) is 0 Å². The summed E-state index contributed by atoms with van der Waals surface area (Å²) in [7, 11) is 1.99. The summed E-state index contributed by atoms with van der Waals surface area (Å²) >= 11 is 0. The molecule has 1 aliphatic heterocycles. The number of hydrogen-bond acceptors (Lipinski definition) is 2. The molecule has 0 radical (unpaired) electrons. The van der Waals surface area contributed by atoms with Gasteiger partial charge >= 0.3 is 0 Å². The molecule has 1 unspecified atom stereocenters. The van der Waals surface area contributed by atoms with Crippen molar-refractivity contribution in [2.75, 3.05) is 13.1 Å². The second-order valence-electron chi connectivity index (χ2n) is 4.37. The van der Waals surface area contributed by atoms with E-state index in [9.17, 15) is 4.79 Å². The lowest BCUT2D eigenvalue weighted by Crippen LogP contribution is -2.40. The summed E-state index contributed by atoms with van der Waals surface area (Å²) in [5.74, 6) is 0.322. The van der Waals surface area contributed by atoms with Crippen LogP contribution in [0.2, 0.25) is 0 Å². The molecule has 1 aromatic rings. The summed E-state index contributed by atoms with van der Waals surface area (Å²) in [6, 6.07) is 4.02. The molecule has 2 rings (SSSR count). The van der Waals surface area contributed by atoms with E-state index < -0.39 is 0 Å². The van der Waals surface area contributed by atoms with Gasteiger partial charge in [0.1, 0.15) is 0 Å². The highest BCUT2D eigenvalue weighted by molar-refractivity contribution is 5.78. The predicted octanol–water partition coefficient (Wildman–Crippen LogP) is 0.641. The van der Waals surface area contributed by atoms with E-state index in [-0.39, 0.29) is 11.8 Å². The van der Waals surface area contributed by atoms with Gasteiger partial charge in [0.15, 0.2) is 0 Å².